The van der Waals surface area contributed by atoms with Crippen molar-refractivity contribution >= 4 is 23.6 Å². The van der Waals surface area contributed by atoms with Gasteiger partial charge in [0.05, 0.1) is 6.54 Å². The number of rotatable bonds is 11. The molecule has 0 fully saturated rings. The number of hydrogen-bond acceptors (Lipinski definition) is 7. The van der Waals surface area contributed by atoms with Gasteiger partial charge < -0.3 is 25.8 Å². The van der Waals surface area contributed by atoms with Crippen LogP contribution in [0.2, 0.25) is 0 Å². The van der Waals surface area contributed by atoms with E-state index in [1.54, 1.807) is 0 Å². The van der Waals surface area contributed by atoms with Crippen molar-refractivity contribution < 1.29 is 32.6 Å². The minimum atomic E-state index is -5.08. The lowest BCUT2D eigenvalue weighted by Gasteiger charge is -2.11. The van der Waals surface area contributed by atoms with Crippen LogP contribution >= 0.6 is 0 Å². The molecule has 9 nitrogen and oxygen atoms in total. The zero-order valence-electron chi connectivity index (χ0n) is 21.0. The number of aryl methyl sites for hydroxylation is 2. The van der Waals surface area contributed by atoms with Crippen molar-refractivity contribution in [1.82, 2.24) is 15.3 Å². The highest BCUT2D eigenvalue weighted by Crippen LogP contribution is 2.14. The van der Waals surface area contributed by atoms with Crippen LogP contribution in [0.3, 0.4) is 0 Å². The number of alkyl halides is 3. The van der Waals surface area contributed by atoms with Crippen LogP contribution in [0.5, 0.6) is 5.75 Å². The number of halogens is 3. The number of nitrogens with one attached hydrogen (secondary N) is 3. The maximum atomic E-state index is 12.0. The quantitative estimate of drug-likeness (QED) is 0.268. The summed E-state index contributed by atoms with van der Waals surface area (Å²) >= 11 is 0. The highest BCUT2D eigenvalue weighted by Gasteiger charge is 2.38. The molecule has 0 spiro atoms. The van der Waals surface area contributed by atoms with Gasteiger partial charge in [-0.15, -0.1) is 0 Å². The van der Waals surface area contributed by atoms with Crippen molar-refractivity contribution in [1.29, 1.82) is 0 Å². The number of aliphatic carboxylic acids is 1. The molecular weight excluding hydrogens is 503 g/mol. The normalized spacial score (nSPS) is 10.6. The summed E-state index contributed by atoms with van der Waals surface area (Å²) in [7, 11) is 0. The number of nitrogens with zero attached hydrogens (tertiary/aromatic N) is 2. The second kappa shape index (κ2) is 15.0. The zero-order valence-corrected chi connectivity index (χ0v) is 21.0. The van der Waals surface area contributed by atoms with Crippen molar-refractivity contribution in [2.75, 3.05) is 30.3 Å². The van der Waals surface area contributed by atoms with Crippen molar-refractivity contribution in [3.63, 3.8) is 0 Å². The SMILES string of the molecule is Cc1cc(NCCC(=O)NCCOc2ccccc2)nc(NCc2ccccc2C)n1.O=C(O)C(F)(F)F. The maximum absolute atomic E-state index is 12.0. The topological polar surface area (TPSA) is 125 Å². The molecule has 0 saturated carbocycles. The summed E-state index contributed by atoms with van der Waals surface area (Å²) in [5.74, 6) is -0.738. The first kappa shape index (κ1) is 29.9. The van der Waals surface area contributed by atoms with Crippen molar-refractivity contribution in [3.05, 3.63) is 77.5 Å². The summed E-state index contributed by atoms with van der Waals surface area (Å²) < 4.78 is 37.3. The third-order valence-electron chi connectivity index (χ3n) is 4.89. The standard InChI is InChI=1S/C24H29N5O2.C2HF3O2/c1-18-8-6-7-9-20(18)17-27-24-28-19(2)16-22(29-24)25-13-12-23(30)26-14-15-31-21-10-4-3-5-11-21;3-2(4,5)1(6)7/h3-11,16H,12-15,17H2,1-2H3,(H,26,30)(H2,25,27,28,29);(H,6,7). The Balaban J connectivity index is 0.000000638. The summed E-state index contributed by atoms with van der Waals surface area (Å²) in [6.45, 7) is 6.05. The molecule has 0 radical (unpaired) electrons. The molecule has 1 aromatic heterocycles. The number of amides is 1. The van der Waals surface area contributed by atoms with E-state index in [-0.39, 0.29) is 5.91 Å². The molecule has 0 saturated heterocycles. The van der Waals surface area contributed by atoms with Gasteiger partial charge in [0.15, 0.2) is 0 Å². The van der Waals surface area contributed by atoms with Gasteiger partial charge in [-0.2, -0.15) is 18.2 Å². The Morgan fingerprint density at radius 1 is 0.947 bits per heavy atom. The molecule has 12 heteroatoms. The van der Waals surface area contributed by atoms with Gasteiger partial charge in [0, 0.05) is 31.3 Å². The second-order valence-corrected chi connectivity index (χ2v) is 7.99. The number of para-hydroxylation sites is 1. The predicted molar refractivity (Wildman–Crippen MR) is 137 cm³/mol. The summed E-state index contributed by atoms with van der Waals surface area (Å²) in [5, 5.41) is 16.5. The highest BCUT2D eigenvalue weighted by atomic mass is 19.4. The van der Waals surface area contributed by atoms with Crippen LogP contribution in [0.4, 0.5) is 24.9 Å². The molecule has 38 heavy (non-hydrogen) atoms. The molecule has 4 N–H and O–H groups in total. The number of aromatic nitrogens is 2. The van der Waals surface area contributed by atoms with E-state index in [4.69, 9.17) is 14.6 Å². The van der Waals surface area contributed by atoms with Gasteiger partial charge in [-0.05, 0) is 37.1 Å². The Morgan fingerprint density at radius 3 is 2.26 bits per heavy atom. The minimum Gasteiger partial charge on any atom is -0.492 e. The number of carbonyl (C=O) groups is 2. The number of ether oxygens (including phenoxy) is 1. The van der Waals surface area contributed by atoms with E-state index in [1.165, 1.54) is 11.1 Å². The van der Waals surface area contributed by atoms with Gasteiger partial charge in [0.1, 0.15) is 18.2 Å². The van der Waals surface area contributed by atoms with Crippen LogP contribution in [0.1, 0.15) is 23.2 Å². The molecule has 0 unspecified atom stereocenters. The minimum absolute atomic E-state index is 0.0344. The number of carbonyl (C=O) groups excluding carboxylic acids is 1. The van der Waals surface area contributed by atoms with Crippen LogP contribution in [0, 0.1) is 13.8 Å². The van der Waals surface area contributed by atoms with Gasteiger partial charge in [-0.3, -0.25) is 4.79 Å². The van der Waals surface area contributed by atoms with Gasteiger partial charge >= 0.3 is 12.1 Å². The van der Waals surface area contributed by atoms with E-state index in [0.29, 0.717) is 44.4 Å². The van der Waals surface area contributed by atoms with Crippen molar-refractivity contribution in [3.8, 4) is 5.75 Å². The highest BCUT2D eigenvalue weighted by molar-refractivity contribution is 5.76. The van der Waals surface area contributed by atoms with E-state index in [2.05, 4.69) is 45.0 Å². The van der Waals surface area contributed by atoms with Crippen molar-refractivity contribution in [2.24, 2.45) is 0 Å². The van der Waals surface area contributed by atoms with Gasteiger partial charge in [-0.1, -0.05) is 42.5 Å². The molecule has 3 rings (SSSR count). The molecule has 2 aromatic carbocycles. The number of carboxylic acid groups (broad SMARTS) is 1. The lowest BCUT2D eigenvalue weighted by molar-refractivity contribution is -0.192. The van der Waals surface area contributed by atoms with Crippen molar-refractivity contribution in [2.45, 2.75) is 33.0 Å². The molecule has 0 aliphatic heterocycles. The summed E-state index contributed by atoms with van der Waals surface area (Å²) in [5.41, 5.74) is 3.28. The molecule has 1 amide bonds. The third kappa shape index (κ3) is 11.6. The summed E-state index contributed by atoms with van der Waals surface area (Å²) in [6, 6.07) is 19.6. The smallest absolute Gasteiger partial charge is 0.490 e. The van der Waals surface area contributed by atoms with E-state index < -0.39 is 12.1 Å². The second-order valence-electron chi connectivity index (χ2n) is 7.99. The Hall–Kier alpha value is -4.35. The molecule has 0 atom stereocenters. The lowest BCUT2D eigenvalue weighted by atomic mass is 10.1. The Labute approximate surface area is 218 Å². The maximum Gasteiger partial charge on any atom is 0.490 e. The fourth-order valence-corrected chi connectivity index (χ4v) is 2.99. The first-order valence-corrected chi connectivity index (χ1v) is 11.7. The van der Waals surface area contributed by atoms with Crippen LogP contribution in [0.25, 0.3) is 0 Å². The fourth-order valence-electron chi connectivity index (χ4n) is 2.99. The van der Waals surface area contributed by atoms with Gasteiger partial charge in [0.2, 0.25) is 11.9 Å². The molecule has 204 valence electrons. The first-order valence-electron chi connectivity index (χ1n) is 11.7. The number of carboxylic acids is 1. The largest absolute Gasteiger partial charge is 0.492 e. The number of benzene rings is 2. The van der Waals surface area contributed by atoms with Gasteiger partial charge in [0.25, 0.3) is 0 Å². The Morgan fingerprint density at radius 2 is 1.61 bits per heavy atom. The van der Waals surface area contributed by atoms with E-state index in [1.807, 2.05) is 55.5 Å². The number of hydrogen-bond donors (Lipinski definition) is 4. The third-order valence-corrected chi connectivity index (χ3v) is 4.89. The monoisotopic (exact) mass is 533 g/mol. The molecule has 3 aromatic rings. The molecule has 0 aliphatic rings. The van der Waals surface area contributed by atoms with E-state index in [0.717, 1.165) is 11.4 Å². The Kier molecular flexibility index (Phi) is 11.8. The number of anilines is 2. The summed E-state index contributed by atoms with van der Waals surface area (Å²) in [6.07, 6.45) is -4.74. The fraction of sp³-hybridized carbons (Fsp3) is 0.308. The molecule has 0 aliphatic carbocycles. The van der Waals surface area contributed by atoms with Crippen LogP contribution in [-0.4, -0.2) is 52.8 Å². The average Bonchev–Trinajstić information content (AvgIpc) is 2.86. The van der Waals surface area contributed by atoms with Crippen LogP contribution in [-0.2, 0) is 16.1 Å². The average molecular weight is 534 g/mol. The molecule has 0 bridgehead atoms. The lowest BCUT2D eigenvalue weighted by Crippen LogP contribution is -2.29. The summed E-state index contributed by atoms with van der Waals surface area (Å²) in [4.78, 5) is 29.9. The molecular formula is C26H30F3N5O4. The van der Waals surface area contributed by atoms with E-state index in [9.17, 15) is 18.0 Å². The van der Waals surface area contributed by atoms with Crippen LogP contribution < -0.4 is 20.7 Å². The molecule has 1 heterocycles. The predicted octanol–water partition coefficient (Wildman–Crippen LogP) is 4.34. The zero-order chi connectivity index (χ0) is 28.0. The Bertz CT molecular complexity index is 1180. The van der Waals surface area contributed by atoms with Crippen LogP contribution in [0.15, 0.2) is 60.7 Å². The first-order chi connectivity index (χ1) is 18.0. The van der Waals surface area contributed by atoms with Gasteiger partial charge in [-0.25, -0.2) is 9.78 Å². The van der Waals surface area contributed by atoms with E-state index >= 15 is 0 Å².